The maximum absolute atomic E-state index is 13.7. The molecule has 1 saturated carbocycles. The lowest BCUT2D eigenvalue weighted by atomic mass is 9.96. The van der Waals surface area contributed by atoms with Gasteiger partial charge in [-0.1, -0.05) is 48.0 Å². The van der Waals surface area contributed by atoms with Crippen molar-refractivity contribution in [3.63, 3.8) is 0 Å². The minimum absolute atomic E-state index is 0.0123. The predicted octanol–water partition coefficient (Wildman–Crippen LogP) is 3.41. The summed E-state index contributed by atoms with van der Waals surface area (Å²) in [5.41, 5.74) is 1.26. The molecule has 1 aliphatic carbocycles. The van der Waals surface area contributed by atoms with Gasteiger partial charge in [-0.05, 0) is 30.5 Å². The van der Waals surface area contributed by atoms with Crippen LogP contribution in [0.3, 0.4) is 0 Å². The maximum Gasteiger partial charge on any atom is 0.310 e. The number of carbonyl (C=O) groups excluding carboxylic acids is 2. The van der Waals surface area contributed by atoms with E-state index in [4.69, 9.17) is 16.3 Å². The number of hydrogen-bond acceptors (Lipinski definition) is 3. The van der Waals surface area contributed by atoms with Gasteiger partial charge in [0.1, 0.15) is 5.82 Å². The van der Waals surface area contributed by atoms with Gasteiger partial charge in [-0.25, -0.2) is 4.39 Å². The molecule has 1 N–H and O–H groups in total. The van der Waals surface area contributed by atoms with Gasteiger partial charge in [0.15, 0.2) is 6.61 Å². The van der Waals surface area contributed by atoms with E-state index in [0.29, 0.717) is 6.54 Å². The molecule has 0 aliphatic heterocycles. The highest BCUT2D eigenvalue weighted by molar-refractivity contribution is 6.31. The van der Waals surface area contributed by atoms with Gasteiger partial charge in [0.05, 0.1) is 6.42 Å². The van der Waals surface area contributed by atoms with Crippen LogP contribution in [0.5, 0.6) is 0 Å². The second-order valence-corrected chi connectivity index (χ2v) is 6.87. The number of rotatable bonds is 7. The molecule has 6 heteroatoms. The molecule has 2 aromatic rings. The first-order valence-corrected chi connectivity index (χ1v) is 8.79. The van der Waals surface area contributed by atoms with Crippen LogP contribution in [0.25, 0.3) is 0 Å². The lowest BCUT2D eigenvalue weighted by Gasteiger charge is -2.16. The maximum atomic E-state index is 13.7. The van der Waals surface area contributed by atoms with Gasteiger partial charge in [0.2, 0.25) is 0 Å². The summed E-state index contributed by atoms with van der Waals surface area (Å²) in [4.78, 5) is 23.8. The summed E-state index contributed by atoms with van der Waals surface area (Å²) in [5, 5.41) is 2.97. The predicted molar refractivity (Wildman–Crippen MR) is 96.4 cm³/mol. The molecule has 0 bridgehead atoms. The number of hydrogen-bond donors (Lipinski definition) is 1. The lowest BCUT2D eigenvalue weighted by molar-refractivity contribution is -0.147. The number of halogens is 2. The lowest BCUT2D eigenvalue weighted by Crippen LogP contribution is -2.35. The molecule has 1 fully saturated rings. The van der Waals surface area contributed by atoms with Gasteiger partial charge in [-0.2, -0.15) is 0 Å². The van der Waals surface area contributed by atoms with Crippen molar-refractivity contribution in [2.24, 2.45) is 0 Å². The standard InChI is InChI=1S/C20H19ClFNO3/c21-16-7-4-8-17(22)15(16)11-19(25)26-12-18(24)23-13-20(9-10-20)14-5-2-1-3-6-14/h1-8H,9-13H2,(H,23,24). The van der Waals surface area contributed by atoms with Crippen molar-refractivity contribution in [2.45, 2.75) is 24.7 Å². The topological polar surface area (TPSA) is 55.4 Å². The Balaban J connectivity index is 1.45. The summed E-state index contributed by atoms with van der Waals surface area (Å²) in [7, 11) is 0. The van der Waals surface area contributed by atoms with Gasteiger partial charge < -0.3 is 10.1 Å². The molecule has 0 heterocycles. The zero-order chi connectivity index (χ0) is 18.6. The van der Waals surface area contributed by atoms with Gasteiger partial charge in [-0.3, -0.25) is 9.59 Å². The Morgan fingerprint density at radius 3 is 2.50 bits per heavy atom. The van der Waals surface area contributed by atoms with Gasteiger partial charge >= 0.3 is 5.97 Å². The van der Waals surface area contributed by atoms with E-state index in [1.54, 1.807) is 0 Å². The Labute approximate surface area is 156 Å². The van der Waals surface area contributed by atoms with Crippen LogP contribution in [-0.4, -0.2) is 25.0 Å². The fourth-order valence-electron chi connectivity index (χ4n) is 2.87. The van der Waals surface area contributed by atoms with Crippen molar-refractivity contribution in [3.05, 3.63) is 70.5 Å². The van der Waals surface area contributed by atoms with E-state index in [9.17, 15) is 14.0 Å². The second-order valence-electron chi connectivity index (χ2n) is 6.46. The molecule has 1 aliphatic rings. The van der Waals surface area contributed by atoms with E-state index in [2.05, 4.69) is 17.4 Å². The third-order valence-corrected chi connectivity index (χ3v) is 4.96. The molecule has 0 aromatic heterocycles. The van der Waals surface area contributed by atoms with E-state index < -0.39 is 18.4 Å². The third-order valence-electron chi connectivity index (χ3n) is 4.61. The first-order chi connectivity index (χ1) is 12.5. The van der Waals surface area contributed by atoms with Crippen molar-refractivity contribution in [2.75, 3.05) is 13.2 Å². The molecule has 0 atom stereocenters. The molecule has 2 aromatic carbocycles. The van der Waals surface area contributed by atoms with Gasteiger partial charge in [0, 0.05) is 22.5 Å². The quantitative estimate of drug-likeness (QED) is 0.754. The number of amides is 1. The van der Waals surface area contributed by atoms with Gasteiger partial charge in [0.25, 0.3) is 5.91 Å². The molecule has 4 nitrogen and oxygen atoms in total. The van der Waals surface area contributed by atoms with Crippen molar-refractivity contribution >= 4 is 23.5 Å². The van der Waals surface area contributed by atoms with E-state index >= 15 is 0 Å². The van der Waals surface area contributed by atoms with Crippen LogP contribution in [-0.2, 0) is 26.2 Å². The van der Waals surface area contributed by atoms with Crippen molar-refractivity contribution in [1.29, 1.82) is 0 Å². The van der Waals surface area contributed by atoms with Crippen molar-refractivity contribution in [1.82, 2.24) is 5.32 Å². The molecule has 0 unspecified atom stereocenters. The average Bonchev–Trinajstić information content (AvgIpc) is 3.43. The largest absolute Gasteiger partial charge is 0.455 e. The minimum Gasteiger partial charge on any atom is -0.455 e. The Bertz CT molecular complexity index is 786. The number of carbonyl (C=O) groups is 2. The molecular weight excluding hydrogens is 357 g/mol. The molecule has 3 rings (SSSR count). The first-order valence-electron chi connectivity index (χ1n) is 8.41. The molecule has 26 heavy (non-hydrogen) atoms. The summed E-state index contributed by atoms with van der Waals surface area (Å²) in [6, 6.07) is 14.2. The van der Waals surface area contributed by atoms with Crippen LogP contribution in [0.1, 0.15) is 24.0 Å². The SMILES string of the molecule is O=C(COC(=O)Cc1c(F)cccc1Cl)NCC1(c2ccccc2)CC1. The average molecular weight is 376 g/mol. The van der Waals surface area contributed by atoms with E-state index in [1.165, 1.54) is 23.8 Å². The summed E-state index contributed by atoms with van der Waals surface area (Å²) >= 11 is 5.87. The fourth-order valence-corrected chi connectivity index (χ4v) is 3.10. The molecule has 136 valence electrons. The van der Waals surface area contributed by atoms with Crippen LogP contribution in [0, 0.1) is 5.82 Å². The number of nitrogens with one attached hydrogen (secondary N) is 1. The number of esters is 1. The normalized spacial score (nSPS) is 14.5. The highest BCUT2D eigenvalue weighted by atomic mass is 35.5. The summed E-state index contributed by atoms with van der Waals surface area (Å²) < 4.78 is 18.6. The summed E-state index contributed by atoms with van der Waals surface area (Å²) in [5.74, 6) is -1.64. The monoisotopic (exact) mass is 375 g/mol. The highest BCUT2D eigenvalue weighted by Crippen LogP contribution is 2.47. The minimum atomic E-state index is -0.698. The van der Waals surface area contributed by atoms with E-state index in [-0.39, 0.29) is 28.3 Å². The molecule has 1 amide bonds. The smallest absolute Gasteiger partial charge is 0.310 e. The van der Waals surface area contributed by atoms with Crippen LogP contribution in [0.4, 0.5) is 4.39 Å². The van der Waals surface area contributed by atoms with Crippen LogP contribution in [0.2, 0.25) is 5.02 Å². The number of ether oxygens (including phenoxy) is 1. The van der Waals surface area contributed by atoms with Crippen molar-refractivity contribution < 1.29 is 18.7 Å². The van der Waals surface area contributed by atoms with Crippen LogP contribution >= 0.6 is 11.6 Å². The molecule has 0 radical (unpaired) electrons. The zero-order valence-electron chi connectivity index (χ0n) is 14.1. The Morgan fingerprint density at radius 1 is 1.12 bits per heavy atom. The molecule has 0 saturated heterocycles. The van der Waals surface area contributed by atoms with E-state index in [1.807, 2.05) is 18.2 Å². The molecule has 0 spiro atoms. The van der Waals surface area contributed by atoms with Crippen LogP contribution < -0.4 is 5.32 Å². The fraction of sp³-hybridized carbons (Fsp3) is 0.300. The zero-order valence-corrected chi connectivity index (χ0v) is 14.9. The second kappa shape index (κ2) is 7.87. The summed E-state index contributed by atoms with van der Waals surface area (Å²) in [6.07, 6.45) is 1.72. The number of benzene rings is 2. The highest BCUT2D eigenvalue weighted by Gasteiger charge is 2.44. The van der Waals surface area contributed by atoms with Crippen molar-refractivity contribution in [3.8, 4) is 0 Å². The Kier molecular flexibility index (Phi) is 5.57. The van der Waals surface area contributed by atoms with Crippen LogP contribution in [0.15, 0.2) is 48.5 Å². The first kappa shape index (κ1) is 18.4. The van der Waals surface area contributed by atoms with Gasteiger partial charge in [-0.15, -0.1) is 0 Å². The Hall–Kier alpha value is -2.40. The Morgan fingerprint density at radius 2 is 1.85 bits per heavy atom. The molecular formula is C20H19ClFNO3. The third kappa shape index (κ3) is 4.41. The van der Waals surface area contributed by atoms with E-state index in [0.717, 1.165) is 12.8 Å². The summed E-state index contributed by atoms with van der Waals surface area (Å²) in [6.45, 7) is 0.113.